The van der Waals surface area contributed by atoms with Crippen LogP contribution in [0.15, 0.2) is 12.3 Å². The van der Waals surface area contributed by atoms with Gasteiger partial charge in [0.25, 0.3) is 0 Å². The van der Waals surface area contributed by atoms with Gasteiger partial charge in [0.15, 0.2) is 0 Å². The zero-order chi connectivity index (χ0) is 16.9. The van der Waals surface area contributed by atoms with Crippen LogP contribution in [0, 0.1) is 0 Å². The number of ether oxygens (including phenoxy) is 1. The van der Waals surface area contributed by atoms with Gasteiger partial charge in [-0.25, -0.2) is 0 Å². The molecule has 1 atom stereocenters. The molecule has 5 heteroatoms. The summed E-state index contributed by atoms with van der Waals surface area (Å²) >= 11 is 0. The van der Waals surface area contributed by atoms with Crippen LogP contribution in [0.4, 0.5) is 0 Å². The van der Waals surface area contributed by atoms with Crippen molar-refractivity contribution in [3.05, 3.63) is 12.3 Å². The van der Waals surface area contributed by atoms with E-state index in [1.54, 1.807) is 0 Å². The van der Waals surface area contributed by atoms with Crippen LogP contribution in [0.1, 0.15) is 45.4 Å². The summed E-state index contributed by atoms with van der Waals surface area (Å²) in [6, 6.07) is 0. The molecule has 1 unspecified atom stereocenters. The molecule has 0 aromatic rings. The molecule has 1 heterocycles. The molecule has 0 aromatic heterocycles. The normalized spacial score (nSPS) is 18.0. The first-order valence-corrected chi connectivity index (χ1v) is 9.20. The van der Waals surface area contributed by atoms with Crippen LogP contribution in [-0.2, 0) is 4.74 Å². The average Bonchev–Trinajstić information content (AvgIpc) is 2.55. The number of hydrogen-bond acceptors (Lipinski definition) is 5. The molecular weight excluding hydrogens is 292 g/mol. The van der Waals surface area contributed by atoms with Gasteiger partial charge in [0.2, 0.25) is 0 Å². The van der Waals surface area contributed by atoms with Gasteiger partial charge in [0, 0.05) is 45.7 Å². The van der Waals surface area contributed by atoms with E-state index in [9.17, 15) is 5.11 Å². The maximum atomic E-state index is 10.1. The highest BCUT2D eigenvalue weighted by atomic mass is 16.5. The van der Waals surface area contributed by atoms with E-state index in [2.05, 4.69) is 23.3 Å². The summed E-state index contributed by atoms with van der Waals surface area (Å²) < 4.78 is 5.60. The molecule has 0 aromatic carbocycles. The van der Waals surface area contributed by atoms with E-state index in [1.165, 1.54) is 25.7 Å². The number of allylic oxidation sites excluding steroid dienone is 1. The van der Waals surface area contributed by atoms with Crippen LogP contribution < -0.4 is 0 Å². The fourth-order valence-corrected chi connectivity index (χ4v) is 2.90. The fourth-order valence-electron chi connectivity index (χ4n) is 2.90. The van der Waals surface area contributed by atoms with Crippen LogP contribution in [0.5, 0.6) is 0 Å². The molecule has 0 saturated carbocycles. The molecular formula is C18H36N2O3. The van der Waals surface area contributed by atoms with Crippen LogP contribution >= 0.6 is 0 Å². The summed E-state index contributed by atoms with van der Waals surface area (Å²) in [5.41, 5.74) is 0. The highest BCUT2D eigenvalue weighted by Gasteiger charge is 2.19. The predicted octanol–water partition coefficient (Wildman–Crippen LogP) is 1.85. The number of rotatable bonds is 13. The highest BCUT2D eigenvalue weighted by Crippen LogP contribution is 2.11. The Morgan fingerprint density at radius 3 is 2.39 bits per heavy atom. The van der Waals surface area contributed by atoms with E-state index in [0.29, 0.717) is 13.2 Å². The first kappa shape index (κ1) is 20.4. The molecule has 2 N–H and O–H groups in total. The monoisotopic (exact) mass is 328 g/mol. The second-order valence-electron chi connectivity index (χ2n) is 6.53. The zero-order valence-corrected chi connectivity index (χ0v) is 14.9. The summed E-state index contributed by atoms with van der Waals surface area (Å²) in [5, 5.41) is 19.0. The highest BCUT2D eigenvalue weighted by molar-refractivity contribution is 4.83. The van der Waals surface area contributed by atoms with Crippen molar-refractivity contribution in [2.45, 2.75) is 51.6 Å². The van der Waals surface area contributed by atoms with Crippen molar-refractivity contribution in [1.82, 2.24) is 9.80 Å². The number of aliphatic hydroxyl groups is 2. The number of unbranched alkanes of at least 4 members (excludes halogenated alkanes) is 4. The van der Waals surface area contributed by atoms with Crippen LogP contribution in [-0.4, -0.2) is 78.6 Å². The second-order valence-corrected chi connectivity index (χ2v) is 6.53. The van der Waals surface area contributed by atoms with E-state index in [-0.39, 0.29) is 6.61 Å². The van der Waals surface area contributed by atoms with Gasteiger partial charge >= 0.3 is 0 Å². The quantitative estimate of drug-likeness (QED) is 0.399. The van der Waals surface area contributed by atoms with Crippen molar-refractivity contribution >= 4 is 0 Å². The molecule has 1 aliphatic rings. The van der Waals surface area contributed by atoms with E-state index < -0.39 is 6.10 Å². The minimum Gasteiger partial charge on any atom is -0.496 e. The van der Waals surface area contributed by atoms with E-state index >= 15 is 0 Å². The lowest BCUT2D eigenvalue weighted by Gasteiger charge is -2.35. The second kappa shape index (κ2) is 12.8. The molecule has 1 aliphatic heterocycles. The summed E-state index contributed by atoms with van der Waals surface area (Å²) in [5.74, 6) is 0.799. The maximum Gasteiger partial charge on any atom is 0.115 e. The molecule has 1 fully saturated rings. The van der Waals surface area contributed by atoms with Crippen molar-refractivity contribution in [2.24, 2.45) is 0 Å². The molecule has 0 aliphatic carbocycles. The van der Waals surface area contributed by atoms with Gasteiger partial charge in [0.05, 0.1) is 12.4 Å². The molecule has 0 spiro atoms. The Morgan fingerprint density at radius 2 is 1.74 bits per heavy atom. The third kappa shape index (κ3) is 9.97. The number of β-amino-alcohol motifs (C(OH)–C–C–N with tert-alkyl or cyclic N) is 2. The van der Waals surface area contributed by atoms with Crippen molar-refractivity contribution in [1.29, 1.82) is 0 Å². The lowest BCUT2D eigenvalue weighted by molar-refractivity contribution is 0.0246. The lowest BCUT2D eigenvalue weighted by atomic mass is 10.1. The summed E-state index contributed by atoms with van der Waals surface area (Å²) in [4.78, 5) is 4.51. The van der Waals surface area contributed by atoms with Crippen LogP contribution in [0.3, 0.4) is 0 Å². The third-order valence-electron chi connectivity index (χ3n) is 4.39. The van der Waals surface area contributed by atoms with Gasteiger partial charge in [-0.1, -0.05) is 39.2 Å². The number of hydrogen-bond donors (Lipinski definition) is 2. The van der Waals surface area contributed by atoms with Gasteiger partial charge in [-0.2, -0.15) is 0 Å². The average molecular weight is 328 g/mol. The summed E-state index contributed by atoms with van der Waals surface area (Å²) in [6.45, 7) is 11.9. The maximum absolute atomic E-state index is 10.1. The summed E-state index contributed by atoms with van der Waals surface area (Å²) in [7, 11) is 0. The van der Waals surface area contributed by atoms with Crippen LogP contribution in [0.25, 0.3) is 0 Å². The van der Waals surface area contributed by atoms with E-state index in [1.807, 2.05) is 0 Å². The Kier molecular flexibility index (Phi) is 11.3. The Bertz CT molecular complexity index is 305. The standard InChI is InChI=1S/C18H36N2O3/c1-3-4-5-6-7-8-17(2)23-16-18(22)15-20-11-9-19(10-12-20)13-14-21/h18,21-22H,2-16H2,1H3. The molecule has 0 amide bonds. The van der Waals surface area contributed by atoms with Crippen molar-refractivity contribution in [3.63, 3.8) is 0 Å². The van der Waals surface area contributed by atoms with Gasteiger partial charge in [-0.05, 0) is 6.42 Å². The number of aliphatic hydroxyl groups excluding tert-OH is 2. The van der Waals surface area contributed by atoms with Crippen LogP contribution in [0.2, 0.25) is 0 Å². The first-order chi connectivity index (χ1) is 11.2. The largest absolute Gasteiger partial charge is 0.496 e. The third-order valence-corrected chi connectivity index (χ3v) is 4.39. The van der Waals surface area contributed by atoms with Gasteiger partial charge < -0.3 is 14.9 Å². The fraction of sp³-hybridized carbons (Fsp3) is 0.889. The Morgan fingerprint density at radius 1 is 1.09 bits per heavy atom. The van der Waals surface area contributed by atoms with E-state index in [0.717, 1.165) is 51.3 Å². The predicted molar refractivity (Wildman–Crippen MR) is 94.4 cm³/mol. The molecule has 0 bridgehead atoms. The molecule has 0 radical (unpaired) electrons. The van der Waals surface area contributed by atoms with Gasteiger partial charge in [-0.15, -0.1) is 0 Å². The topological polar surface area (TPSA) is 56.2 Å². The Labute approximate surface area is 141 Å². The number of nitrogens with zero attached hydrogens (tertiary/aromatic N) is 2. The van der Waals surface area contributed by atoms with Crippen molar-refractivity contribution in [3.8, 4) is 0 Å². The molecule has 136 valence electrons. The molecule has 1 saturated heterocycles. The Hall–Kier alpha value is -0.620. The lowest BCUT2D eigenvalue weighted by Crippen LogP contribution is -2.49. The van der Waals surface area contributed by atoms with E-state index in [4.69, 9.17) is 9.84 Å². The Balaban J connectivity index is 2.03. The minimum absolute atomic E-state index is 0.219. The smallest absolute Gasteiger partial charge is 0.115 e. The van der Waals surface area contributed by atoms with Gasteiger partial charge in [-0.3, -0.25) is 9.80 Å². The van der Waals surface area contributed by atoms with Crippen molar-refractivity contribution < 1.29 is 14.9 Å². The molecule has 23 heavy (non-hydrogen) atoms. The number of piperazine rings is 1. The SMILES string of the molecule is C=C(CCCCCCC)OCC(O)CN1CCN(CCO)CC1. The summed E-state index contributed by atoms with van der Waals surface area (Å²) in [6.07, 6.45) is 6.65. The zero-order valence-electron chi connectivity index (χ0n) is 14.9. The minimum atomic E-state index is -0.462. The first-order valence-electron chi connectivity index (χ1n) is 9.20. The van der Waals surface area contributed by atoms with Crippen molar-refractivity contribution in [2.75, 3.05) is 52.5 Å². The molecule has 1 rings (SSSR count). The van der Waals surface area contributed by atoms with Gasteiger partial charge in [0.1, 0.15) is 12.7 Å². The molecule has 5 nitrogen and oxygen atoms in total.